The Morgan fingerprint density at radius 1 is 1.21 bits per heavy atom. The van der Waals surface area contributed by atoms with E-state index in [1.807, 2.05) is 0 Å². The van der Waals surface area contributed by atoms with Gasteiger partial charge in [0.25, 0.3) is 0 Å². The minimum absolute atomic E-state index is 0.896. The summed E-state index contributed by atoms with van der Waals surface area (Å²) in [4.78, 5) is 2.73. The predicted octanol–water partition coefficient (Wildman–Crippen LogP) is 3.67. The number of aryl methyl sites for hydroxylation is 1. The first-order valence-electron chi connectivity index (χ1n) is 7.87. The van der Waals surface area contributed by atoms with Crippen LogP contribution in [0.4, 0.5) is 5.69 Å². The van der Waals surface area contributed by atoms with Crippen molar-refractivity contribution in [2.45, 2.75) is 45.1 Å². The van der Waals surface area contributed by atoms with Crippen molar-refractivity contribution in [1.29, 1.82) is 0 Å². The van der Waals surface area contributed by atoms with Crippen LogP contribution in [0.1, 0.15) is 37.7 Å². The average molecular weight is 258 g/mol. The number of fused-ring (bicyclic) bond motifs is 1. The van der Waals surface area contributed by atoms with Gasteiger partial charge in [0, 0.05) is 24.8 Å². The summed E-state index contributed by atoms with van der Waals surface area (Å²) in [6, 6.07) is 9.57. The average Bonchev–Trinajstić information content (AvgIpc) is 2.83. The highest BCUT2D eigenvalue weighted by Crippen LogP contribution is 2.35. The molecule has 3 rings (SSSR count). The molecule has 2 aliphatic rings. The first kappa shape index (κ1) is 13.0. The highest BCUT2D eigenvalue weighted by molar-refractivity contribution is 5.45. The molecule has 1 heterocycles. The van der Waals surface area contributed by atoms with Crippen LogP contribution in [0.3, 0.4) is 0 Å². The van der Waals surface area contributed by atoms with E-state index in [1.54, 1.807) is 0 Å². The fourth-order valence-corrected chi connectivity index (χ4v) is 3.88. The van der Waals surface area contributed by atoms with Crippen molar-refractivity contribution >= 4 is 5.69 Å². The summed E-state index contributed by atoms with van der Waals surface area (Å²) >= 11 is 0. The van der Waals surface area contributed by atoms with E-state index in [4.69, 9.17) is 0 Å². The van der Waals surface area contributed by atoms with E-state index in [0.717, 1.165) is 18.5 Å². The first-order valence-corrected chi connectivity index (χ1v) is 7.87. The van der Waals surface area contributed by atoms with Crippen molar-refractivity contribution < 1.29 is 0 Å². The van der Waals surface area contributed by atoms with Gasteiger partial charge < -0.3 is 5.32 Å². The summed E-state index contributed by atoms with van der Waals surface area (Å²) in [5.74, 6) is 1.01. The zero-order valence-electron chi connectivity index (χ0n) is 12.1. The predicted molar refractivity (Wildman–Crippen MR) is 81.6 cm³/mol. The Labute approximate surface area is 117 Å². The van der Waals surface area contributed by atoms with E-state index >= 15 is 0 Å². The van der Waals surface area contributed by atoms with Gasteiger partial charge in [-0.3, -0.25) is 4.90 Å². The normalized spacial score (nSPS) is 27.2. The molecule has 2 nitrogen and oxygen atoms in total. The second-order valence-electron chi connectivity index (χ2n) is 6.23. The zero-order valence-corrected chi connectivity index (χ0v) is 12.1. The van der Waals surface area contributed by atoms with Crippen LogP contribution in [0.25, 0.3) is 0 Å². The molecular formula is C17H26N2. The van der Waals surface area contributed by atoms with Gasteiger partial charge in [-0.05, 0) is 56.3 Å². The van der Waals surface area contributed by atoms with Crippen molar-refractivity contribution in [3.63, 3.8) is 0 Å². The molecule has 2 unspecified atom stereocenters. The first-order chi connectivity index (χ1) is 9.33. The van der Waals surface area contributed by atoms with Crippen LogP contribution in [0.2, 0.25) is 0 Å². The maximum atomic E-state index is 3.57. The van der Waals surface area contributed by atoms with Crippen LogP contribution in [0.15, 0.2) is 24.3 Å². The Balaban J connectivity index is 1.47. The molecule has 104 valence electrons. The van der Waals surface area contributed by atoms with Gasteiger partial charge in [0.1, 0.15) is 0 Å². The van der Waals surface area contributed by atoms with E-state index in [-0.39, 0.29) is 0 Å². The van der Waals surface area contributed by atoms with Gasteiger partial charge in [-0.25, -0.2) is 0 Å². The Bertz CT molecular complexity index is 415. The molecule has 1 aliphatic heterocycles. The Kier molecular flexibility index (Phi) is 4.07. The third-order valence-corrected chi connectivity index (χ3v) is 4.87. The maximum absolute atomic E-state index is 3.57. The van der Waals surface area contributed by atoms with Crippen molar-refractivity contribution in [3.05, 3.63) is 29.8 Å². The molecule has 19 heavy (non-hydrogen) atoms. The highest BCUT2D eigenvalue weighted by atomic mass is 15.2. The monoisotopic (exact) mass is 258 g/mol. The van der Waals surface area contributed by atoms with Crippen molar-refractivity contribution in [2.24, 2.45) is 5.92 Å². The second-order valence-corrected chi connectivity index (χ2v) is 6.23. The molecule has 1 N–H and O–H groups in total. The van der Waals surface area contributed by atoms with E-state index in [1.165, 1.54) is 56.4 Å². The molecule has 1 saturated carbocycles. The largest absolute Gasteiger partial charge is 0.384 e. The second kappa shape index (κ2) is 5.96. The van der Waals surface area contributed by atoms with Crippen molar-refractivity contribution in [1.82, 2.24) is 4.90 Å². The third-order valence-electron chi connectivity index (χ3n) is 4.87. The molecule has 1 saturated heterocycles. The fourth-order valence-electron chi connectivity index (χ4n) is 3.88. The van der Waals surface area contributed by atoms with Crippen LogP contribution in [-0.4, -0.2) is 30.6 Å². The van der Waals surface area contributed by atoms with Gasteiger partial charge in [-0.2, -0.15) is 0 Å². The summed E-state index contributed by atoms with van der Waals surface area (Å²) < 4.78 is 0. The quantitative estimate of drug-likeness (QED) is 0.886. The molecule has 0 bridgehead atoms. The standard InChI is InChI=1S/C17H26N2/c1-14-5-4-7-16(13-14)18-10-12-19-11-9-15-6-2-3-8-17(15)19/h4-5,7,13,15,17-18H,2-3,6,8-12H2,1H3. The molecule has 1 aliphatic carbocycles. The van der Waals surface area contributed by atoms with Crippen LogP contribution >= 0.6 is 0 Å². The number of anilines is 1. The smallest absolute Gasteiger partial charge is 0.0343 e. The highest BCUT2D eigenvalue weighted by Gasteiger charge is 2.34. The lowest BCUT2D eigenvalue weighted by molar-refractivity contribution is 0.188. The number of hydrogen-bond acceptors (Lipinski definition) is 2. The fraction of sp³-hybridized carbons (Fsp3) is 0.647. The number of hydrogen-bond donors (Lipinski definition) is 1. The van der Waals surface area contributed by atoms with Gasteiger partial charge in [0.2, 0.25) is 0 Å². The molecule has 1 aromatic rings. The molecule has 0 aromatic heterocycles. The van der Waals surface area contributed by atoms with E-state index in [0.29, 0.717) is 0 Å². The molecule has 1 aromatic carbocycles. The van der Waals surface area contributed by atoms with Crippen molar-refractivity contribution in [3.8, 4) is 0 Å². The Morgan fingerprint density at radius 2 is 2.11 bits per heavy atom. The van der Waals surface area contributed by atoms with Gasteiger partial charge in [-0.1, -0.05) is 25.0 Å². The van der Waals surface area contributed by atoms with Crippen molar-refractivity contribution in [2.75, 3.05) is 25.0 Å². The summed E-state index contributed by atoms with van der Waals surface area (Å²) in [6.07, 6.45) is 7.27. The minimum atomic E-state index is 0.896. The maximum Gasteiger partial charge on any atom is 0.0343 e. The summed E-state index contributed by atoms with van der Waals surface area (Å²) in [5.41, 5.74) is 2.60. The Hall–Kier alpha value is -1.02. The molecule has 2 atom stereocenters. The zero-order chi connectivity index (χ0) is 13.1. The van der Waals surface area contributed by atoms with E-state index < -0.39 is 0 Å². The van der Waals surface area contributed by atoms with Crippen LogP contribution in [0.5, 0.6) is 0 Å². The molecule has 0 amide bonds. The SMILES string of the molecule is Cc1cccc(NCCN2CCC3CCCCC32)c1. The number of rotatable bonds is 4. The molecule has 0 radical (unpaired) electrons. The lowest BCUT2D eigenvalue weighted by Gasteiger charge is -2.31. The number of benzene rings is 1. The number of likely N-dealkylation sites (tertiary alicyclic amines) is 1. The number of nitrogens with zero attached hydrogens (tertiary/aromatic N) is 1. The van der Waals surface area contributed by atoms with Gasteiger partial charge in [0.05, 0.1) is 0 Å². The third kappa shape index (κ3) is 3.11. The molecule has 0 spiro atoms. The molecule has 2 fully saturated rings. The summed E-state index contributed by atoms with van der Waals surface area (Å²) in [7, 11) is 0. The topological polar surface area (TPSA) is 15.3 Å². The lowest BCUT2D eigenvalue weighted by Crippen LogP contribution is -2.37. The van der Waals surface area contributed by atoms with E-state index in [9.17, 15) is 0 Å². The van der Waals surface area contributed by atoms with Crippen LogP contribution in [-0.2, 0) is 0 Å². The van der Waals surface area contributed by atoms with Crippen LogP contribution < -0.4 is 5.32 Å². The van der Waals surface area contributed by atoms with Gasteiger partial charge in [-0.15, -0.1) is 0 Å². The number of nitrogens with one attached hydrogen (secondary N) is 1. The molecule has 2 heteroatoms. The van der Waals surface area contributed by atoms with Crippen LogP contribution in [0, 0.1) is 12.8 Å². The Morgan fingerprint density at radius 3 is 3.00 bits per heavy atom. The van der Waals surface area contributed by atoms with Gasteiger partial charge in [0.15, 0.2) is 0 Å². The van der Waals surface area contributed by atoms with Gasteiger partial charge >= 0.3 is 0 Å². The van der Waals surface area contributed by atoms with E-state index in [2.05, 4.69) is 41.4 Å². The minimum Gasteiger partial charge on any atom is -0.384 e. The lowest BCUT2D eigenvalue weighted by atomic mass is 9.85. The molecular weight excluding hydrogens is 232 g/mol. The summed E-state index contributed by atoms with van der Waals surface area (Å²) in [5, 5.41) is 3.57. The summed E-state index contributed by atoms with van der Waals surface area (Å²) in [6.45, 7) is 5.75.